The van der Waals surface area contributed by atoms with Gasteiger partial charge in [0, 0.05) is 41.0 Å². The fraction of sp³-hybridized carbons (Fsp3) is 0.200. The second kappa shape index (κ2) is 7.88. The molecule has 6 rings (SSSR count). The monoisotopic (exact) mass is 468 g/mol. The van der Waals surface area contributed by atoms with Gasteiger partial charge >= 0.3 is 0 Å². The second-order valence-electron chi connectivity index (χ2n) is 8.28. The third-order valence-electron chi connectivity index (χ3n) is 6.41. The quantitative estimate of drug-likeness (QED) is 0.411. The number of aromatic nitrogens is 4. The molecule has 0 radical (unpaired) electrons. The lowest BCUT2D eigenvalue weighted by Crippen LogP contribution is -2.22. The molecule has 0 amide bonds. The third kappa shape index (κ3) is 3.00. The summed E-state index contributed by atoms with van der Waals surface area (Å²) >= 11 is 1.57. The third-order valence-corrected chi connectivity index (χ3v) is 7.59. The zero-order valence-electron chi connectivity index (χ0n) is 18.3. The predicted molar refractivity (Wildman–Crippen MR) is 131 cm³/mol. The highest BCUT2D eigenvalue weighted by molar-refractivity contribution is 7.22. The van der Waals surface area contributed by atoms with Gasteiger partial charge in [0.05, 0.1) is 46.1 Å². The molecule has 8 nitrogen and oxygen atoms in total. The second-order valence-corrected chi connectivity index (χ2v) is 9.34. The van der Waals surface area contributed by atoms with Gasteiger partial charge in [-0.05, 0) is 29.3 Å². The molecule has 3 aromatic heterocycles. The maximum Gasteiger partial charge on any atom is 0.272 e. The number of rotatable bonds is 4. The summed E-state index contributed by atoms with van der Waals surface area (Å²) in [5.41, 5.74) is 10.4. The minimum absolute atomic E-state index is 0.157. The normalized spacial score (nSPS) is 15.5. The number of nitrogens with one attached hydrogen (secondary N) is 1. The predicted octanol–water partition coefficient (Wildman–Crippen LogP) is 4.00. The molecule has 5 aromatic rings. The standard InChI is InChI=1S/C25H20N6O2S/c1-31-23(24-17(10-26)14-4-2-3-5-21(14)34-24)18(12-28-31)13-8-15-19(11-27)29-30-25(32)22(15)16(9-13)20-6-7-33-20/h2-5,8-9,12,20H,6-7,11,27H2,1H3,(H,30,32)/t20-/m0/s1. The van der Waals surface area contributed by atoms with Gasteiger partial charge in [0.15, 0.2) is 0 Å². The van der Waals surface area contributed by atoms with Crippen LogP contribution in [0.3, 0.4) is 0 Å². The van der Waals surface area contributed by atoms with E-state index in [4.69, 9.17) is 10.5 Å². The van der Waals surface area contributed by atoms with Gasteiger partial charge in [-0.2, -0.15) is 15.5 Å². The lowest BCUT2D eigenvalue weighted by atomic mass is 9.91. The van der Waals surface area contributed by atoms with Crippen LogP contribution in [0.2, 0.25) is 0 Å². The zero-order valence-corrected chi connectivity index (χ0v) is 19.1. The topological polar surface area (TPSA) is 123 Å². The van der Waals surface area contributed by atoms with Crippen LogP contribution in [0.15, 0.2) is 47.4 Å². The molecule has 168 valence electrons. The van der Waals surface area contributed by atoms with Gasteiger partial charge < -0.3 is 10.5 Å². The van der Waals surface area contributed by atoms with Gasteiger partial charge in [-0.15, -0.1) is 11.3 Å². The van der Waals surface area contributed by atoms with Crippen molar-refractivity contribution in [3.8, 4) is 27.8 Å². The molecule has 0 spiro atoms. The number of nitriles is 1. The molecule has 1 aliphatic heterocycles. The number of hydrogen-bond acceptors (Lipinski definition) is 7. The molecule has 3 N–H and O–H groups in total. The first-order valence-electron chi connectivity index (χ1n) is 10.9. The Morgan fingerprint density at radius 3 is 2.88 bits per heavy atom. The van der Waals surface area contributed by atoms with Crippen molar-refractivity contribution in [2.75, 3.05) is 6.61 Å². The van der Waals surface area contributed by atoms with Crippen molar-refractivity contribution in [1.29, 1.82) is 5.26 Å². The average molecular weight is 469 g/mol. The van der Waals surface area contributed by atoms with Gasteiger partial charge in [0.1, 0.15) is 6.07 Å². The maximum atomic E-state index is 12.8. The Hall–Kier alpha value is -3.84. The average Bonchev–Trinajstić information content (AvgIpc) is 3.37. The van der Waals surface area contributed by atoms with E-state index in [1.165, 1.54) is 0 Å². The molecule has 2 aromatic carbocycles. The van der Waals surface area contributed by atoms with E-state index in [2.05, 4.69) is 21.4 Å². The first-order valence-corrected chi connectivity index (χ1v) is 11.7. The van der Waals surface area contributed by atoms with Crippen molar-refractivity contribution >= 4 is 32.2 Å². The van der Waals surface area contributed by atoms with Crippen molar-refractivity contribution in [2.45, 2.75) is 19.1 Å². The summed E-state index contributed by atoms with van der Waals surface area (Å²) in [7, 11) is 1.87. The number of thiophene rings is 1. The molecule has 1 aliphatic rings. The van der Waals surface area contributed by atoms with E-state index in [-0.39, 0.29) is 18.2 Å². The summed E-state index contributed by atoms with van der Waals surface area (Å²) in [5, 5.41) is 23.5. The summed E-state index contributed by atoms with van der Waals surface area (Å²) < 4.78 is 8.62. The molecule has 0 bridgehead atoms. The van der Waals surface area contributed by atoms with Crippen molar-refractivity contribution in [1.82, 2.24) is 20.0 Å². The Labute approximate surface area is 198 Å². The smallest absolute Gasteiger partial charge is 0.272 e. The summed E-state index contributed by atoms with van der Waals surface area (Å²) in [6.45, 7) is 0.852. The molecule has 34 heavy (non-hydrogen) atoms. The van der Waals surface area contributed by atoms with E-state index >= 15 is 0 Å². The van der Waals surface area contributed by atoms with Gasteiger partial charge in [0.25, 0.3) is 5.56 Å². The lowest BCUT2D eigenvalue weighted by Gasteiger charge is -2.28. The molecule has 0 aliphatic carbocycles. The van der Waals surface area contributed by atoms with Crippen molar-refractivity contribution < 1.29 is 4.74 Å². The number of nitrogens with zero attached hydrogens (tertiary/aromatic N) is 4. The molecule has 0 unspecified atom stereocenters. The van der Waals surface area contributed by atoms with E-state index in [0.29, 0.717) is 28.6 Å². The molecular formula is C25H20N6O2S. The summed E-state index contributed by atoms with van der Waals surface area (Å²) in [4.78, 5) is 13.6. The first kappa shape index (κ1) is 20.7. The van der Waals surface area contributed by atoms with Crippen LogP contribution < -0.4 is 11.3 Å². The van der Waals surface area contributed by atoms with E-state index in [1.54, 1.807) is 22.2 Å². The Morgan fingerprint density at radius 1 is 1.32 bits per heavy atom. The van der Waals surface area contributed by atoms with Crippen LogP contribution in [-0.4, -0.2) is 26.6 Å². The molecule has 1 fully saturated rings. The van der Waals surface area contributed by atoms with Crippen LogP contribution in [0.25, 0.3) is 42.6 Å². The van der Waals surface area contributed by atoms with E-state index < -0.39 is 0 Å². The van der Waals surface area contributed by atoms with Crippen molar-refractivity contribution in [3.63, 3.8) is 0 Å². The molecule has 1 saturated heterocycles. The minimum Gasteiger partial charge on any atom is -0.373 e. The zero-order chi connectivity index (χ0) is 23.4. The highest BCUT2D eigenvalue weighted by atomic mass is 32.1. The molecule has 9 heteroatoms. The number of nitrogens with two attached hydrogens (primary N) is 1. The van der Waals surface area contributed by atoms with Crippen LogP contribution in [0.4, 0.5) is 0 Å². The van der Waals surface area contributed by atoms with E-state index in [1.807, 2.05) is 43.4 Å². The van der Waals surface area contributed by atoms with Crippen molar-refractivity contribution in [3.05, 3.63) is 69.8 Å². The van der Waals surface area contributed by atoms with Crippen LogP contribution in [0.1, 0.15) is 29.3 Å². The van der Waals surface area contributed by atoms with Crippen LogP contribution >= 0.6 is 11.3 Å². The Bertz CT molecular complexity index is 1690. The van der Waals surface area contributed by atoms with Crippen LogP contribution in [0, 0.1) is 11.3 Å². The highest BCUT2D eigenvalue weighted by Crippen LogP contribution is 2.44. The van der Waals surface area contributed by atoms with Gasteiger partial charge in [-0.3, -0.25) is 9.48 Å². The molecule has 4 heterocycles. The fourth-order valence-corrected chi connectivity index (χ4v) is 5.91. The summed E-state index contributed by atoms with van der Waals surface area (Å²) in [6, 6.07) is 14.2. The Morgan fingerprint density at radius 2 is 2.15 bits per heavy atom. The van der Waals surface area contributed by atoms with E-state index in [0.717, 1.165) is 43.8 Å². The molecule has 0 saturated carbocycles. The molecular weight excluding hydrogens is 448 g/mol. The lowest BCUT2D eigenvalue weighted by molar-refractivity contribution is -0.0518. The highest BCUT2D eigenvalue weighted by Gasteiger charge is 2.27. The van der Waals surface area contributed by atoms with E-state index in [9.17, 15) is 10.1 Å². The molecule has 1 atom stereocenters. The number of H-pyrrole nitrogens is 1. The van der Waals surface area contributed by atoms with Gasteiger partial charge in [-0.1, -0.05) is 18.2 Å². The Kier molecular flexibility index (Phi) is 4.81. The first-order chi connectivity index (χ1) is 16.6. The summed E-state index contributed by atoms with van der Waals surface area (Å²) in [6.07, 6.45) is 2.49. The largest absolute Gasteiger partial charge is 0.373 e. The van der Waals surface area contributed by atoms with Crippen LogP contribution in [-0.2, 0) is 18.3 Å². The number of aryl methyl sites for hydroxylation is 1. The number of benzene rings is 2. The van der Waals surface area contributed by atoms with Crippen LogP contribution in [0.5, 0.6) is 0 Å². The van der Waals surface area contributed by atoms with Gasteiger partial charge in [0.2, 0.25) is 0 Å². The van der Waals surface area contributed by atoms with Gasteiger partial charge in [-0.25, -0.2) is 5.10 Å². The number of hydrogen-bond donors (Lipinski definition) is 2. The Balaban J connectivity index is 1.65. The maximum absolute atomic E-state index is 12.8. The number of aromatic amines is 1. The van der Waals surface area contributed by atoms with Crippen molar-refractivity contribution in [2.24, 2.45) is 12.8 Å². The SMILES string of the molecule is Cn1ncc(-c2cc([C@@H]3CCO3)c3c(=O)[nH]nc(CN)c3c2)c1-c1sc2ccccc2c1C#N. The number of ether oxygens (including phenoxy) is 1. The fourth-order valence-electron chi connectivity index (χ4n) is 4.67. The summed E-state index contributed by atoms with van der Waals surface area (Å²) in [5.74, 6) is 0. The minimum atomic E-state index is -0.257. The number of fused-ring (bicyclic) bond motifs is 2.